The van der Waals surface area contributed by atoms with E-state index >= 15 is 0 Å². The van der Waals surface area contributed by atoms with Gasteiger partial charge in [-0.1, -0.05) is 12.1 Å². The molecule has 1 aliphatic rings. The highest BCUT2D eigenvalue weighted by Crippen LogP contribution is 2.29. The van der Waals surface area contributed by atoms with Crippen molar-refractivity contribution in [2.75, 3.05) is 30.4 Å². The van der Waals surface area contributed by atoms with E-state index in [4.69, 9.17) is 10.5 Å². The lowest BCUT2D eigenvalue weighted by Crippen LogP contribution is -2.38. The number of nitrogens with one attached hydrogen (secondary N) is 1. The second-order valence-corrected chi connectivity index (χ2v) is 7.67. The average Bonchev–Trinajstić information content (AvgIpc) is 2.84. The highest BCUT2D eigenvalue weighted by Gasteiger charge is 2.26. The van der Waals surface area contributed by atoms with Gasteiger partial charge in [0.2, 0.25) is 11.8 Å². The maximum atomic E-state index is 12.6. The maximum absolute atomic E-state index is 12.6. The zero-order chi connectivity index (χ0) is 22.5. The van der Waals surface area contributed by atoms with Gasteiger partial charge < -0.3 is 20.7 Å². The largest absolute Gasteiger partial charge is 0.496 e. The molecule has 1 aromatic heterocycles. The molecule has 1 saturated heterocycles. The Morgan fingerprint density at radius 1 is 1.00 bits per heavy atom. The number of rotatable bonds is 6. The molecular weight excluding hydrogens is 406 g/mol. The van der Waals surface area contributed by atoms with Crippen LogP contribution in [0.5, 0.6) is 5.75 Å². The normalized spacial score (nSPS) is 14.1. The number of methoxy groups -OCH3 is 1. The minimum atomic E-state index is -0.491. The van der Waals surface area contributed by atoms with Crippen molar-refractivity contribution in [3.8, 4) is 17.0 Å². The number of hydrogen-bond donors (Lipinski definition) is 2. The average molecular weight is 431 g/mol. The quantitative estimate of drug-likeness (QED) is 0.621. The summed E-state index contributed by atoms with van der Waals surface area (Å²) in [6, 6.07) is 18.2. The van der Waals surface area contributed by atoms with Gasteiger partial charge in [-0.15, -0.1) is 10.2 Å². The minimum Gasteiger partial charge on any atom is -0.496 e. The molecule has 2 heterocycles. The summed E-state index contributed by atoms with van der Waals surface area (Å²) in [6.07, 6.45) is 1.45. The summed E-state index contributed by atoms with van der Waals surface area (Å²) < 4.78 is 5.40. The SMILES string of the molecule is COc1ccccc1-c1ccc(N2CCC(C(=O)Nc3ccc(C(N)=O)cc3)CC2)nn1. The molecule has 1 fully saturated rings. The molecule has 8 nitrogen and oxygen atoms in total. The standard InChI is InChI=1S/C24H25N5O3/c1-32-21-5-3-2-4-19(21)20-10-11-22(28-27-20)29-14-12-17(13-15-29)24(31)26-18-8-6-16(7-9-18)23(25)30/h2-11,17H,12-15H2,1H3,(H2,25,30)(H,26,31). The van der Waals surface area contributed by atoms with E-state index in [0.29, 0.717) is 11.3 Å². The van der Waals surface area contributed by atoms with Crippen molar-refractivity contribution in [2.24, 2.45) is 11.7 Å². The first kappa shape index (κ1) is 21.3. The van der Waals surface area contributed by atoms with E-state index in [2.05, 4.69) is 20.4 Å². The topological polar surface area (TPSA) is 110 Å². The minimum absolute atomic E-state index is 0.0194. The Morgan fingerprint density at radius 2 is 1.72 bits per heavy atom. The van der Waals surface area contributed by atoms with Gasteiger partial charge in [0.25, 0.3) is 0 Å². The molecule has 32 heavy (non-hydrogen) atoms. The summed E-state index contributed by atoms with van der Waals surface area (Å²) in [5.74, 6) is 0.960. The summed E-state index contributed by atoms with van der Waals surface area (Å²) in [5.41, 5.74) is 7.96. The first-order chi connectivity index (χ1) is 15.5. The second-order valence-electron chi connectivity index (χ2n) is 7.67. The van der Waals surface area contributed by atoms with Gasteiger partial charge in [-0.2, -0.15) is 0 Å². The van der Waals surface area contributed by atoms with Crippen LogP contribution in [0.4, 0.5) is 11.5 Å². The van der Waals surface area contributed by atoms with Gasteiger partial charge in [-0.3, -0.25) is 9.59 Å². The third-order valence-corrected chi connectivity index (χ3v) is 5.66. The molecule has 2 aromatic carbocycles. The third-order valence-electron chi connectivity index (χ3n) is 5.66. The lowest BCUT2D eigenvalue weighted by Gasteiger charge is -2.31. The second kappa shape index (κ2) is 9.47. The fraction of sp³-hybridized carbons (Fsp3) is 0.250. The van der Waals surface area contributed by atoms with E-state index in [1.807, 2.05) is 36.4 Å². The van der Waals surface area contributed by atoms with E-state index in [9.17, 15) is 9.59 Å². The van der Waals surface area contributed by atoms with Gasteiger partial charge in [0.1, 0.15) is 5.75 Å². The van der Waals surface area contributed by atoms with Gasteiger partial charge >= 0.3 is 0 Å². The van der Waals surface area contributed by atoms with Crippen molar-refractivity contribution in [3.05, 3.63) is 66.2 Å². The zero-order valence-electron chi connectivity index (χ0n) is 17.8. The Morgan fingerprint density at radius 3 is 2.34 bits per heavy atom. The number of carbonyl (C=O) groups excluding carboxylic acids is 2. The van der Waals surface area contributed by atoms with Gasteiger partial charge in [0.15, 0.2) is 5.82 Å². The van der Waals surface area contributed by atoms with Crippen molar-refractivity contribution in [2.45, 2.75) is 12.8 Å². The van der Waals surface area contributed by atoms with E-state index in [1.54, 1.807) is 31.4 Å². The summed E-state index contributed by atoms with van der Waals surface area (Å²) in [6.45, 7) is 1.45. The molecule has 0 radical (unpaired) electrons. The van der Waals surface area contributed by atoms with Crippen molar-refractivity contribution >= 4 is 23.3 Å². The number of hydrogen-bond acceptors (Lipinski definition) is 6. The molecule has 0 atom stereocenters. The lowest BCUT2D eigenvalue weighted by atomic mass is 9.95. The van der Waals surface area contributed by atoms with Crippen LogP contribution in [0, 0.1) is 5.92 Å². The predicted octanol–water partition coefficient (Wildman–Crippen LogP) is 3.11. The van der Waals surface area contributed by atoms with Crippen LogP contribution in [-0.4, -0.2) is 42.2 Å². The molecule has 2 amide bonds. The van der Waals surface area contributed by atoms with Crippen molar-refractivity contribution in [1.29, 1.82) is 0 Å². The molecule has 164 valence electrons. The van der Waals surface area contributed by atoms with Gasteiger partial charge in [-0.25, -0.2) is 0 Å². The fourth-order valence-corrected chi connectivity index (χ4v) is 3.83. The van der Waals surface area contributed by atoms with Crippen LogP contribution in [0.15, 0.2) is 60.7 Å². The van der Waals surface area contributed by atoms with Gasteiger partial charge in [-0.05, 0) is 61.4 Å². The molecule has 0 unspecified atom stereocenters. The first-order valence-electron chi connectivity index (χ1n) is 10.5. The Kier molecular flexibility index (Phi) is 6.30. The highest BCUT2D eigenvalue weighted by molar-refractivity contribution is 5.95. The lowest BCUT2D eigenvalue weighted by molar-refractivity contribution is -0.120. The number of nitrogens with zero attached hydrogens (tertiary/aromatic N) is 3. The van der Waals surface area contributed by atoms with Crippen LogP contribution in [0.25, 0.3) is 11.3 Å². The Labute approximate surface area is 186 Å². The van der Waals surface area contributed by atoms with Crippen LogP contribution < -0.4 is 20.7 Å². The smallest absolute Gasteiger partial charge is 0.248 e. The highest BCUT2D eigenvalue weighted by atomic mass is 16.5. The maximum Gasteiger partial charge on any atom is 0.248 e. The van der Waals surface area contributed by atoms with Crippen LogP contribution >= 0.6 is 0 Å². The van der Waals surface area contributed by atoms with E-state index < -0.39 is 5.91 Å². The summed E-state index contributed by atoms with van der Waals surface area (Å²) in [4.78, 5) is 25.9. The Balaban J connectivity index is 1.34. The molecule has 0 spiro atoms. The van der Waals surface area contributed by atoms with Crippen molar-refractivity contribution in [3.63, 3.8) is 0 Å². The number of carbonyl (C=O) groups is 2. The predicted molar refractivity (Wildman–Crippen MR) is 123 cm³/mol. The summed E-state index contributed by atoms with van der Waals surface area (Å²) in [7, 11) is 1.64. The molecular formula is C24H25N5O3. The monoisotopic (exact) mass is 431 g/mol. The molecule has 0 aliphatic carbocycles. The molecule has 0 bridgehead atoms. The molecule has 3 aromatic rings. The molecule has 1 aliphatic heterocycles. The van der Waals surface area contributed by atoms with Gasteiger partial charge in [0, 0.05) is 35.8 Å². The first-order valence-corrected chi connectivity index (χ1v) is 10.5. The van der Waals surface area contributed by atoms with Crippen LogP contribution in [0.1, 0.15) is 23.2 Å². The van der Waals surface area contributed by atoms with Crippen molar-refractivity contribution < 1.29 is 14.3 Å². The number of ether oxygens (including phenoxy) is 1. The number of nitrogens with two attached hydrogens (primary N) is 1. The number of benzene rings is 2. The number of para-hydroxylation sites is 1. The summed E-state index contributed by atoms with van der Waals surface area (Å²) in [5, 5.41) is 11.7. The molecule has 3 N–H and O–H groups in total. The van der Waals surface area contributed by atoms with Crippen LogP contribution in [0.3, 0.4) is 0 Å². The van der Waals surface area contributed by atoms with E-state index in [0.717, 1.165) is 48.8 Å². The number of piperidine rings is 1. The van der Waals surface area contributed by atoms with Crippen molar-refractivity contribution in [1.82, 2.24) is 10.2 Å². The summed E-state index contributed by atoms with van der Waals surface area (Å²) >= 11 is 0. The van der Waals surface area contributed by atoms with Crippen LogP contribution in [0.2, 0.25) is 0 Å². The number of primary amides is 1. The van der Waals surface area contributed by atoms with Crippen LogP contribution in [-0.2, 0) is 4.79 Å². The molecule has 8 heteroatoms. The Bertz CT molecular complexity index is 1090. The molecule has 0 saturated carbocycles. The number of aromatic nitrogens is 2. The zero-order valence-corrected chi connectivity index (χ0v) is 17.8. The molecule has 4 rings (SSSR count). The van der Waals surface area contributed by atoms with Gasteiger partial charge in [0.05, 0.1) is 12.8 Å². The number of amides is 2. The Hall–Kier alpha value is -3.94. The fourth-order valence-electron chi connectivity index (χ4n) is 3.83. The van der Waals surface area contributed by atoms with E-state index in [1.165, 1.54) is 0 Å². The number of anilines is 2. The van der Waals surface area contributed by atoms with E-state index in [-0.39, 0.29) is 11.8 Å². The third kappa shape index (κ3) is 4.69.